The molecule has 4 aromatic rings. The SMILES string of the molecule is CC(C)c1cc2ccccc2cc1-c1ccc(-c2ccccc2)cc1. The van der Waals surface area contributed by atoms with Crippen LogP contribution in [-0.2, 0) is 0 Å². The van der Waals surface area contributed by atoms with E-state index in [0.717, 1.165) is 0 Å². The second-order valence-corrected chi connectivity index (χ2v) is 6.88. The third-order valence-electron chi connectivity index (χ3n) is 4.84. The first kappa shape index (κ1) is 15.7. The van der Waals surface area contributed by atoms with Gasteiger partial charge in [-0.25, -0.2) is 0 Å². The molecule has 0 fully saturated rings. The molecular weight excluding hydrogens is 300 g/mol. The van der Waals surface area contributed by atoms with Crippen molar-refractivity contribution in [2.45, 2.75) is 19.8 Å². The molecule has 4 rings (SSSR count). The zero-order valence-corrected chi connectivity index (χ0v) is 14.7. The fourth-order valence-corrected chi connectivity index (χ4v) is 3.46. The Morgan fingerprint density at radius 2 is 1.04 bits per heavy atom. The summed E-state index contributed by atoms with van der Waals surface area (Å²) >= 11 is 0. The molecule has 0 aliphatic rings. The highest BCUT2D eigenvalue weighted by Gasteiger charge is 2.10. The van der Waals surface area contributed by atoms with Gasteiger partial charge in [-0.05, 0) is 50.6 Å². The summed E-state index contributed by atoms with van der Waals surface area (Å²) < 4.78 is 0. The molecule has 0 heteroatoms. The zero-order valence-electron chi connectivity index (χ0n) is 14.7. The van der Waals surface area contributed by atoms with Crippen LogP contribution < -0.4 is 0 Å². The molecule has 25 heavy (non-hydrogen) atoms. The Balaban J connectivity index is 1.82. The van der Waals surface area contributed by atoms with Crippen molar-refractivity contribution < 1.29 is 0 Å². The Morgan fingerprint density at radius 3 is 1.68 bits per heavy atom. The van der Waals surface area contributed by atoms with Gasteiger partial charge in [0.2, 0.25) is 0 Å². The minimum atomic E-state index is 0.494. The number of rotatable bonds is 3. The molecule has 0 unspecified atom stereocenters. The van der Waals surface area contributed by atoms with Crippen LogP contribution in [0.4, 0.5) is 0 Å². The minimum Gasteiger partial charge on any atom is -0.0622 e. The van der Waals surface area contributed by atoms with Crippen molar-refractivity contribution in [1.29, 1.82) is 0 Å². The van der Waals surface area contributed by atoms with Gasteiger partial charge in [0.1, 0.15) is 0 Å². The molecule has 0 N–H and O–H groups in total. The summed E-state index contributed by atoms with van der Waals surface area (Å²) in [5.41, 5.74) is 6.56. The maximum atomic E-state index is 2.35. The maximum Gasteiger partial charge on any atom is -0.0143 e. The molecule has 0 saturated carbocycles. The predicted molar refractivity (Wildman–Crippen MR) is 109 cm³/mol. The van der Waals surface area contributed by atoms with Crippen molar-refractivity contribution >= 4 is 10.8 Å². The molecule has 0 nitrogen and oxygen atoms in total. The molecule has 0 atom stereocenters. The van der Waals surface area contributed by atoms with Gasteiger partial charge in [0, 0.05) is 0 Å². The summed E-state index contributed by atoms with van der Waals surface area (Å²) in [5, 5.41) is 2.62. The highest BCUT2D eigenvalue weighted by molar-refractivity contribution is 5.89. The van der Waals surface area contributed by atoms with Gasteiger partial charge in [0.05, 0.1) is 0 Å². The second kappa shape index (κ2) is 6.57. The van der Waals surface area contributed by atoms with E-state index in [1.165, 1.54) is 38.6 Å². The minimum absolute atomic E-state index is 0.494. The lowest BCUT2D eigenvalue weighted by molar-refractivity contribution is 0.871. The lowest BCUT2D eigenvalue weighted by Crippen LogP contribution is -1.93. The number of hydrogen-bond donors (Lipinski definition) is 0. The van der Waals surface area contributed by atoms with E-state index in [2.05, 4.69) is 105 Å². The Hall–Kier alpha value is -2.86. The van der Waals surface area contributed by atoms with Gasteiger partial charge in [-0.3, -0.25) is 0 Å². The van der Waals surface area contributed by atoms with E-state index in [0.29, 0.717) is 5.92 Å². The summed E-state index contributed by atoms with van der Waals surface area (Å²) in [6.45, 7) is 4.54. The molecule has 0 spiro atoms. The summed E-state index contributed by atoms with van der Waals surface area (Å²) in [5.74, 6) is 0.494. The van der Waals surface area contributed by atoms with Crippen LogP contribution >= 0.6 is 0 Å². The van der Waals surface area contributed by atoms with Crippen LogP contribution in [-0.4, -0.2) is 0 Å². The van der Waals surface area contributed by atoms with E-state index in [-0.39, 0.29) is 0 Å². The van der Waals surface area contributed by atoms with Crippen LogP contribution in [0.3, 0.4) is 0 Å². The number of hydrogen-bond acceptors (Lipinski definition) is 0. The quantitative estimate of drug-likeness (QED) is 0.371. The topological polar surface area (TPSA) is 0 Å². The molecule has 0 aromatic heterocycles. The van der Waals surface area contributed by atoms with Crippen molar-refractivity contribution in [2.24, 2.45) is 0 Å². The lowest BCUT2D eigenvalue weighted by Gasteiger charge is -2.15. The van der Waals surface area contributed by atoms with Gasteiger partial charge in [0.15, 0.2) is 0 Å². The van der Waals surface area contributed by atoms with Crippen molar-refractivity contribution in [1.82, 2.24) is 0 Å². The molecule has 0 aliphatic heterocycles. The first-order valence-electron chi connectivity index (χ1n) is 8.91. The summed E-state index contributed by atoms with van der Waals surface area (Å²) in [6.07, 6.45) is 0. The third-order valence-corrected chi connectivity index (χ3v) is 4.84. The van der Waals surface area contributed by atoms with Crippen LogP contribution in [0, 0.1) is 0 Å². The number of benzene rings is 4. The molecule has 0 radical (unpaired) electrons. The van der Waals surface area contributed by atoms with Crippen molar-refractivity contribution in [3.63, 3.8) is 0 Å². The molecule has 0 amide bonds. The Labute approximate surface area is 149 Å². The van der Waals surface area contributed by atoms with Crippen molar-refractivity contribution in [3.05, 3.63) is 96.6 Å². The van der Waals surface area contributed by atoms with Crippen molar-refractivity contribution in [3.8, 4) is 22.3 Å². The van der Waals surface area contributed by atoms with Crippen LogP contribution in [0.5, 0.6) is 0 Å². The second-order valence-electron chi connectivity index (χ2n) is 6.88. The summed E-state index contributed by atoms with van der Waals surface area (Å²) in [6, 6.07) is 32.8. The molecule has 0 bridgehead atoms. The fourth-order valence-electron chi connectivity index (χ4n) is 3.46. The average molecular weight is 322 g/mol. The van der Waals surface area contributed by atoms with Crippen molar-refractivity contribution in [2.75, 3.05) is 0 Å². The summed E-state index contributed by atoms with van der Waals surface area (Å²) in [7, 11) is 0. The Kier molecular flexibility index (Phi) is 4.11. The van der Waals surface area contributed by atoms with Crippen LogP contribution in [0.15, 0.2) is 91.0 Å². The largest absolute Gasteiger partial charge is 0.0622 e. The zero-order chi connectivity index (χ0) is 17.2. The van der Waals surface area contributed by atoms with E-state index in [1.807, 2.05) is 0 Å². The Morgan fingerprint density at radius 1 is 0.520 bits per heavy atom. The van der Waals surface area contributed by atoms with Gasteiger partial charge in [-0.15, -0.1) is 0 Å². The number of fused-ring (bicyclic) bond motifs is 1. The van der Waals surface area contributed by atoms with Crippen LogP contribution in [0.1, 0.15) is 25.3 Å². The average Bonchev–Trinajstić information content (AvgIpc) is 2.68. The summed E-state index contributed by atoms with van der Waals surface area (Å²) in [4.78, 5) is 0. The van der Waals surface area contributed by atoms with Gasteiger partial charge < -0.3 is 0 Å². The first-order valence-corrected chi connectivity index (χ1v) is 8.91. The molecule has 0 saturated heterocycles. The molecular formula is C25H22. The van der Waals surface area contributed by atoms with E-state index in [1.54, 1.807) is 0 Å². The predicted octanol–water partition coefficient (Wildman–Crippen LogP) is 7.30. The standard InChI is InChI=1S/C25H22/c1-18(2)24-16-22-10-6-7-11-23(22)17-25(24)21-14-12-20(13-15-21)19-8-4-3-5-9-19/h3-18H,1-2H3. The lowest BCUT2D eigenvalue weighted by atomic mass is 9.89. The van der Waals surface area contributed by atoms with Crippen LogP contribution in [0.2, 0.25) is 0 Å². The van der Waals surface area contributed by atoms with Gasteiger partial charge in [-0.1, -0.05) is 98.8 Å². The Bertz CT molecular complexity index is 993. The van der Waals surface area contributed by atoms with E-state index >= 15 is 0 Å². The van der Waals surface area contributed by atoms with Gasteiger partial charge in [-0.2, -0.15) is 0 Å². The highest BCUT2D eigenvalue weighted by atomic mass is 14.1. The van der Waals surface area contributed by atoms with E-state index in [4.69, 9.17) is 0 Å². The van der Waals surface area contributed by atoms with Crippen LogP contribution in [0.25, 0.3) is 33.0 Å². The van der Waals surface area contributed by atoms with E-state index < -0.39 is 0 Å². The molecule has 0 heterocycles. The third kappa shape index (κ3) is 3.08. The van der Waals surface area contributed by atoms with Gasteiger partial charge >= 0.3 is 0 Å². The highest BCUT2D eigenvalue weighted by Crippen LogP contribution is 2.34. The molecule has 4 aromatic carbocycles. The fraction of sp³-hybridized carbons (Fsp3) is 0.120. The monoisotopic (exact) mass is 322 g/mol. The first-order chi connectivity index (χ1) is 12.2. The smallest absolute Gasteiger partial charge is 0.0143 e. The molecule has 0 aliphatic carbocycles. The maximum absolute atomic E-state index is 2.35. The van der Waals surface area contributed by atoms with Gasteiger partial charge in [0.25, 0.3) is 0 Å². The van der Waals surface area contributed by atoms with E-state index in [9.17, 15) is 0 Å². The normalized spacial score (nSPS) is 11.2. The molecule has 122 valence electrons.